The first kappa shape index (κ1) is 47.7. The van der Waals surface area contributed by atoms with E-state index in [-0.39, 0.29) is 36.0 Å². The summed E-state index contributed by atoms with van der Waals surface area (Å²) in [7, 11) is -2.64. The van der Waals surface area contributed by atoms with Crippen molar-refractivity contribution in [2.24, 2.45) is 17.8 Å². The molecule has 2 aromatic carbocycles. The van der Waals surface area contributed by atoms with Crippen LogP contribution in [-0.2, 0) is 24.4 Å². The van der Waals surface area contributed by atoms with Crippen LogP contribution in [0, 0.1) is 17.8 Å². The highest BCUT2D eigenvalue weighted by atomic mass is 32.2. The van der Waals surface area contributed by atoms with Crippen LogP contribution in [0.25, 0.3) is 22.0 Å². The van der Waals surface area contributed by atoms with Crippen molar-refractivity contribution in [1.82, 2.24) is 24.8 Å². The van der Waals surface area contributed by atoms with E-state index in [1.807, 2.05) is 13.0 Å². The number of nitrogens with one attached hydrogen (secondary N) is 2. The van der Waals surface area contributed by atoms with Gasteiger partial charge >= 0.3 is 12.3 Å². The fourth-order valence-corrected chi connectivity index (χ4v) is 10.8. The zero-order valence-corrected chi connectivity index (χ0v) is 39.0. The van der Waals surface area contributed by atoms with Gasteiger partial charge in [-0.15, -0.1) is 0 Å². The van der Waals surface area contributed by atoms with Crippen LogP contribution in [0.15, 0.2) is 54.6 Å². The molecule has 0 radical (unpaired) electrons. The zero-order valence-electron chi connectivity index (χ0n) is 38.1. The minimum absolute atomic E-state index is 0.0295. The summed E-state index contributed by atoms with van der Waals surface area (Å²) in [4.78, 5) is 63.4. The molecule has 362 valence electrons. The molecule has 7 atom stereocenters. The number of hydrogen-bond acceptors (Lipinski definition) is 11. The molecule has 8 rings (SSSR count). The van der Waals surface area contributed by atoms with Gasteiger partial charge in [0.25, 0.3) is 5.91 Å². The summed E-state index contributed by atoms with van der Waals surface area (Å²) < 4.78 is 96.1. The van der Waals surface area contributed by atoms with Gasteiger partial charge in [-0.05, 0) is 119 Å². The zero-order chi connectivity index (χ0) is 48.4. The molecular weight excluding hydrogens is 900 g/mol. The first-order valence-electron chi connectivity index (χ1n) is 22.5. The predicted octanol–water partition coefficient (Wildman–Crippen LogP) is 6.61. The SMILES string of the molecule is COc1ccc2c(O[C@@H]3C[C@H]4C(=O)N[C@]5(C(=O)NS(=O)(=O)C6(C)CC6)C[C@H]5C=CCC[C@H](C)C[C@@H](C)[C@H](N(C(=O)O)C(C)(C)C(F)(F)F)C(=O)N4C3)nc(-c3ccc4c(c3)OCCO4)cc2c1. The second kappa shape index (κ2) is 17.4. The van der Waals surface area contributed by atoms with Crippen LogP contribution in [0.1, 0.15) is 79.6 Å². The van der Waals surface area contributed by atoms with Crippen LogP contribution in [0.3, 0.4) is 0 Å². The molecule has 0 bridgehead atoms. The number of ether oxygens (including phenoxy) is 4. The molecule has 3 N–H and O–H groups in total. The number of hydrogen-bond donors (Lipinski definition) is 3. The molecule has 1 saturated heterocycles. The third kappa shape index (κ3) is 9.04. The van der Waals surface area contributed by atoms with E-state index >= 15 is 4.79 Å². The average Bonchev–Trinajstić information content (AvgIpc) is 4.15. The van der Waals surface area contributed by atoms with Crippen LogP contribution < -0.4 is 29.0 Å². The summed E-state index contributed by atoms with van der Waals surface area (Å²) in [6, 6.07) is 8.85. The van der Waals surface area contributed by atoms with Crippen molar-refractivity contribution in [1.29, 1.82) is 0 Å². The van der Waals surface area contributed by atoms with E-state index in [0.29, 0.717) is 92.0 Å². The second-order valence-electron chi connectivity index (χ2n) is 19.4. The van der Waals surface area contributed by atoms with E-state index in [1.165, 1.54) is 21.0 Å². The lowest BCUT2D eigenvalue weighted by molar-refractivity contribution is -0.222. The Kier molecular flexibility index (Phi) is 12.4. The van der Waals surface area contributed by atoms with Crippen molar-refractivity contribution in [2.45, 2.75) is 120 Å². The van der Waals surface area contributed by atoms with Gasteiger partial charge in [0.05, 0.1) is 24.1 Å². The topological polar surface area (TPSA) is 203 Å². The molecule has 2 aliphatic carbocycles. The van der Waals surface area contributed by atoms with Gasteiger partial charge < -0.3 is 34.3 Å². The summed E-state index contributed by atoms with van der Waals surface area (Å²) in [5.41, 5.74) is -3.74. The molecule has 20 heteroatoms. The molecule has 0 spiro atoms. The van der Waals surface area contributed by atoms with E-state index in [0.717, 1.165) is 4.90 Å². The number of sulfonamides is 1. The summed E-state index contributed by atoms with van der Waals surface area (Å²) in [5.74, 6) is -3.09. The highest BCUT2D eigenvalue weighted by Crippen LogP contribution is 2.48. The molecule has 4 amide bonds. The van der Waals surface area contributed by atoms with E-state index < -0.39 is 92.4 Å². The first-order chi connectivity index (χ1) is 31.5. The van der Waals surface area contributed by atoms with Crippen molar-refractivity contribution in [3.05, 3.63) is 54.6 Å². The molecule has 3 aromatic rings. The fraction of sp³-hybridized carbons (Fsp3) is 0.553. The van der Waals surface area contributed by atoms with Crippen LogP contribution >= 0.6 is 0 Å². The number of methoxy groups -OCH3 is 1. The van der Waals surface area contributed by atoms with E-state index in [9.17, 15) is 41.1 Å². The summed E-state index contributed by atoms with van der Waals surface area (Å²) in [6.07, 6.45) is -3.11. The molecule has 67 heavy (non-hydrogen) atoms. The van der Waals surface area contributed by atoms with Gasteiger partial charge in [0, 0.05) is 23.3 Å². The van der Waals surface area contributed by atoms with Gasteiger partial charge in [0.1, 0.15) is 48.2 Å². The standard InChI is InChI=1S/C47H56F3N5O11S/c1-26-9-7-8-10-30-24-46(30,42(58)53-67(61,62)45(5)15-16-45)52-39(56)35-23-32(25-54(35)41(57)38(27(2)19-26)55(43(59)60)44(3,4)47(48,49)50)66-40-33-13-12-31(63-6)20-29(33)21-34(51-40)28-11-14-36-37(22-28)65-18-17-64-36/h8,10-14,20-22,26-27,30,32,35,38H,7,9,15-19,23-25H2,1-6H3,(H,52,56)(H,53,58)(H,59,60)/t26-,27+,30+,32+,35-,38-,46+/m0/s1. The Bertz CT molecular complexity index is 2620. The largest absolute Gasteiger partial charge is 0.497 e. The predicted molar refractivity (Wildman–Crippen MR) is 238 cm³/mol. The summed E-state index contributed by atoms with van der Waals surface area (Å²) in [6.45, 7) is 6.60. The number of carbonyl (C=O) groups excluding carboxylic acids is 3. The van der Waals surface area contributed by atoms with Crippen LogP contribution in [0.2, 0.25) is 0 Å². The lowest BCUT2D eigenvalue weighted by Gasteiger charge is -2.45. The number of pyridine rings is 1. The molecule has 0 unspecified atom stereocenters. The van der Waals surface area contributed by atoms with Crippen molar-refractivity contribution >= 4 is 44.6 Å². The third-order valence-electron chi connectivity index (χ3n) is 14.1. The Balaban J connectivity index is 1.21. The maximum Gasteiger partial charge on any atom is 0.411 e. The molecule has 5 aliphatic rings. The molecule has 16 nitrogen and oxygen atoms in total. The first-order valence-corrected chi connectivity index (χ1v) is 24.0. The Morgan fingerprint density at radius 3 is 2.42 bits per heavy atom. The lowest BCUT2D eigenvalue weighted by Crippen LogP contribution is -2.66. The number of fused-ring (bicyclic) bond motifs is 4. The number of carbonyl (C=O) groups is 4. The Labute approximate surface area is 386 Å². The van der Waals surface area contributed by atoms with E-state index in [1.54, 1.807) is 48.6 Å². The molecule has 3 aliphatic heterocycles. The number of nitrogens with zero attached hydrogens (tertiary/aromatic N) is 3. The highest BCUT2D eigenvalue weighted by molar-refractivity contribution is 7.91. The fourth-order valence-electron chi connectivity index (χ4n) is 9.51. The Hall–Kier alpha value is -5.79. The minimum atomic E-state index is -5.12. The summed E-state index contributed by atoms with van der Waals surface area (Å²) in [5, 5.41) is 14.5. The number of alkyl halides is 3. The Morgan fingerprint density at radius 2 is 1.75 bits per heavy atom. The molecule has 2 saturated carbocycles. The van der Waals surface area contributed by atoms with Gasteiger partial charge in [-0.2, -0.15) is 13.2 Å². The van der Waals surface area contributed by atoms with Crippen LogP contribution in [0.4, 0.5) is 18.0 Å². The third-order valence-corrected chi connectivity index (χ3v) is 16.3. The number of carboxylic acid groups (broad SMARTS) is 1. The Morgan fingerprint density at radius 1 is 1.03 bits per heavy atom. The molecular formula is C47H56F3N5O11S. The molecule has 3 fully saturated rings. The van der Waals surface area contributed by atoms with Crippen molar-refractivity contribution < 1.29 is 64.8 Å². The molecule has 1 aromatic heterocycles. The van der Waals surface area contributed by atoms with Gasteiger partial charge in [0.15, 0.2) is 11.5 Å². The van der Waals surface area contributed by atoms with Gasteiger partial charge in [-0.3, -0.25) is 24.0 Å². The number of halogens is 3. The van der Waals surface area contributed by atoms with E-state index in [2.05, 4.69) is 10.0 Å². The average molecular weight is 956 g/mol. The van der Waals surface area contributed by atoms with Crippen molar-refractivity contribution in [3.63, 3.8) is 0 Å². The maximum absolute atomic E-state index is 15.3. The number of amides is 4. The summed E-state index contributed by atoms with van der Waals surface area (Å²) >= 11 is 0. The van der Waals surface area contributed by atoms with Crippen LogP contribution in [-0.4, -0.2) is 119 Å². The van der Waals surface area contributed by atoms with Gasteiger partial charge in [0.2, 0.25) is 27.7 Å². The number of aromatic nitrogens is 1. The minimum Gasteiger partial charge on any atom is -0.497 e. The second-order valence-corrected chi connectivity index (χ2v) is 21.6. The quantitative estimate of drug-likeness (QED) is 0.194. The van der Waals surface area contributed by atoms with Crippen molar-refractivity contribution in [2.75, 3.05) is 26.9 Å². The van der Waals surface area contributed by atoms with Gasteiger partial charge in [-0.25, -0.2) is 18.2 Å². The van der Waals surface area contributed by atoms with Crippen molar-refractivity contribution in [3.8, 4) is 34.4 Å². The smallest absolute Gasteiger partial charge is 0.411 e. The normalized spacial score (nSPS) is 27.4. The van der Waals surface area contributed by atoms with E-state index in [4.69, 9.17) is 23.9 Å². The maximum atomic E-state index is 15.3. The van der Waals surface area contributed by atoms with Gasteiger partial charge in [-0.1, -0.05) is 26.0 Å². The lowest BCUT2D eigenvalue weighted by atomic mass is 9.85. The molecule has 4 heterocycles. The number of benzene rings is 2. The number of rotatable bonds is 9. The van der Waals surface area contributed by atoms with Crippen LogP contribution in [0.5, 0.6) is 23.1 Å². The highest BCUT2D eigenvalue weighted by Gasteiger charge is 2.64. The number of allylic oxidation sites excluding steroid dienone is 1. The monoisotopic (exact) mass is 955 g/mol.